The summed E-state index contributed by atoms with van der Waals surface area (Å²) in [5.41, 5.74) is 0.955. The summed E-state index contributed by atoms with van der Waals surface area (Å²) in [5, 5.41) is 6.36. The largest absolute Gasteiger partial charge is 0.497 e. The van der Waals surface area contributed by atoms with Crippen molar-refractivity contribution in [3.8, 4) is 5.75 Å². The molecule has 1 amide bonds. The van der Waals surface area contributed by atoms with Gasteiger partial charge in [-0.3, -0.25) is 4.79 Å². The van der Waals surface area contributed by atoms with Crippen LogP contribution in [0.3, 0.4) is 0 Å². The molecule has 1 atom stereocenters. The number of amides is 1. The number of benzene rings is 1. The Bertz CT molecular complexity index is 436. The van der Waals surface area contributed by atoms with Crippen molar-refractivity contribution in [2.45, 2.75) is 26.2 Å². The topological polar surface area (TPSA) is 50.4 Å². The molecule has 2 N–H and O–H groups in total. The van der Waals surface area contributed by atoms with Gasteiger partial charge in [0.2, 0.25) is 5.91 Å². The zero-order chi connectivity index (χ0) is 14.4. The quantitative estimate of drug-likeness (QED) is 0.861. The molecule has 1 fully saturated rings. The van der Waals surface area contributed by atoms with Gasteiger partial charge in [0.1, 0.15) is 5.75 Å². The van der Waals surface area contributed by atoms with Gasteiger partial charge in [-0.05, 0) is 50.4 Å². The lowest BCUT2D eigenvalue weighted by Crippen LogP contribution is -2.49. The first kappa shape index (κ1) is 14.9. The molecule has 0 saturated carbocycles. The normalized spacial score (nSPS) is 22.3. The van der Waals surface area contributed by atoms with Crippen molar-refractivity contribution in [3.63, 3.8) is 0 Å². The molecule has 0 aromatic heterocycles. The number of carbonyl (C=O) groups excluding carboxylic acids is 1. The third kappa shape index (κ3) is 3.73. The van der Waals surface area contributed by atoms with Crippen LogP contribution in [0.4, 0.5) is 0 Å². The lowest BCUT2D eigenvalue weighted by molar-refractivity contribution is -0.131. The van der Waals surface area contributed by atoms with Gasteiger partial charge in [-0.15, -0.1) is 0 Å². The van der Waals surface area contributed by atoms with E-state index in [-0.39, 0.29) is 11.3 Å². The highest BCUT2D eigenvalue weighted by molar-refractivity contribution is 5.82. The number of ether oxygens (including phenoxy) is 1. The van der Waals surface area contributed by atoms with Crippen LogP contribution in [0.25, 0.3) is 0 Å². The molecular formula is C16H24N2O2. The Hall–Kier alpha value is -1.55. The maximum Gasteiger partial charge on any atom is 0.227 e. The predicted molar refractivity (Wildman–Crippen MR) is 79.9 cm³/mol. The Morgan fingerprint density at radius 3 is 2.75 bits per heavy atom. The molecule has 1 heterocycles. The van der Waals surface area contributed by atoms with Gasteiger partial charge in [0.05, 0.1) is 12.5 Å². The van der Waals surface area contributed by atoms with Crippen molar-refractivity contribution in [3.05, 3.63) is 29.8 Å². The molecule has 1 aromatic carbocycles. The summed E-state index contributed by atoms with van der Waals surface area (Å²) < 4.78 is 5.13. The van der Waals surface area contributed by atoms with E-state index in [2.05, 4.69) is 10.6 Å². The van der Waals surface area contributed by atoms with Crippen LogP contribution in [0.5, 0.6) is 5.75 Å². The maximum atomic E-state index is 12.2. The lowest BCUT2D eigenvalue weighted by atomic mass is 9.82. The first-order valence-electron chi connectivity index (χ1n) is 7.26. The molecule has 0 bridgehead atoms. The van der Waals surface area contributed by atoms with Gasteiger partial charge in [0.25, 0.3) is 0 Å². The average Bonchev–Trinajstić information content (AvgIpc) is 2.48. The van der Waals surface area contributed by atoms with Crippen LogP contribution in [-0.4, -0.2) is 32.7 Å². The van der Waals surface area contributed by atoms with E-state index in [1.54, 1.807) is 7.11 Å². The van der Waals surface area contributed by atoms with Gasteiger partial charge in [-0.1, -0.05) is 12.1 Å². The lowest BCUT2D eigenvalue weighted by Gasteiger charge is -2.32. The fourth-order valence-corrected chi connectivity index (χ4v) is 2.58. The molecule has 20 heavy (non-hydrogen) atoms. The van der Waals surface area contributed by atoms with Crippen molar-refractivity contribution < 1.29 is 9.53 Å². The zero-order valence-corrected chi connectivity index (χ0v) is 12.4. The van der Waals surface area contributed by atoms with E-state index in [0.717, 1.165) is 38.1 Å². The Balaban J connectivity index is 1.78. The molecule has 0 aliphatic carbocycles. The number of piperidine rings is 1. The van der Waals surface area contributed by atoms with E-state index in [1.807, 2.05) is 31.2 Å². The summed E-state index contributed by atoms with van der Waals surface area (Å²) in [6.07, 6.45) is 2.88. The number of nitrogens with one attached hydrogen (secondary N) is 2. The second-order valence-corrected chi connectivity index (χ2v) is 5.69. The Morgan fingerprint density at radius 1 is 1.40 bits per heavy atom. The van der Waals surface area contributed by atoms with Gasteiger partial charge in [-0.25, -0.2) is 0 Å². The number of hydrogen-bond acceptors (Lipinski definition) is 3. The summed E-state index contributed by atoms with van der Waals surface area (Å²) in [4.78, 5) is 12.2. The van der Waals surface area contributed by atoms with Gasteiger partial charge in [0.15, 0.2) is 0 Å². The SMILES string of the molecule is COc1ccc(CCNC(=O)C2(C)CCCNC2)cc1. The molecule has 2 rings (SSSR count). The van der Waals surface area contributed by atoms with Crippen LogP contribution in [0.2, 0.25) is 0 Å². The van der Waals surface area contributed by atoms with E-state index < -0.39 is 0 Å². The van der Waals surface area contributed by atoms with Crippen molar-refractivity contribution in [2.75, 3.05) is 26.7 Å². The Labute approximate surface area is 120 Å². The second-order valence-electron chi connectivity index (χ2n) is 5.69. The molecule has 1 aliphatic rings. The van der Waals surface area contributed by atoms with Crippen LogP contribution >= 0.6 is 0 Å². The smallest absolute Gasteiger partial charge is 0.227 e. The van der Waals surface area contributed by atoms with Crippen LogP contribution in [0.15, 0.2) is 24.3 Å². The molecule has 1 unspecified atom stereocenters. The summed E-state index contributed by atoms with van der Waals surface area (Å²) in [5.74, 6) is 1.02. The monoisotopic (exact) mass is 276 g/mol. The fourth-order valence-electron chi connectivity index (χ4n) is 2.58. The number of methoxy groups -OCH3 is 1. The number of hydrogen-bond donors (Lipinski definition) is 2. The summed E-state index contributed by atoms with van der Waals surface area (Å²) >= 11 is 0. The number of carbonyl (C=O) groups is 1. The van der Waals surface area contributed by atoms with Gasteiger partial charge in [0, 0.05) is 13.1 Å². The molecule has 1 saturated heterocycles. The molecule has 4 nitrogen and oxygen atoms in total. The van der Waals surface area contributed by atoms with Gasteiger partial charge >= 0.3 is 0 Å². The first-order chi connectivity index (χ1) is 9.64. The van der Waals surface area contributed by atoms with Crippen molar-refractivity contribution in [2.24, 2.45) is 5.41 Å². The standard InChI is InChI=1S/C16H24N2O2/c1-16(9-3-10-17-12-16)15(19)18-11-8-13-4-6-14(20-2)7-5-13/h4-7,17H,3,8-12H2,1-2H3,(H,18,19). The molecule has 0 radical (unpaired) electrons. The van der Waals surface area contributed by atoms with Crippen molar-refractivity contribution in [1.82, 2.24) is 10.6 Å². The van der Waals surface area contributed by atoms with Crippen molar-refractivity contribution in [1.29, 1.82) is 0 Å². The summed E-state index contributed by atoms with van der Waals surface area (Å²) in [6, 6.07) is 7.97. The van der Waals surface area contributed by atoms with E-state index in [9.17, 15) is 4.79 Å². The Morgan fingerprint density at radius 2 is 2.15 bits per heavy atom. The van der Waals surface area contributed by atoms with Crippen LogP contribution in [0.1, 0.15) is 25.3 Å². The molecule has 4 heteroatoms. The molecular weight excluding hydrogens is 252 g/mol. The van der Waals surface area contributed by atoms with Crippen LogP contribution in [-0.2, 0) is 11.2 Å². The predicted octanol–water partition coefficient (Wildman–Crippen LogP) is 1.74. The average molecular weight is 276 g/mol. The number of rotatable bonds is 5. The highest BCUT2D eigenvalue weighted by atomic mass is 16.5. The van der Waals surface area contributed by atoms with E-state index in [0.29, 0.717) is 6.54 Å². The minimum atomic E-state index is -0.252. The summed E-state index contributed by atoms with van der Waals surface area (Å²) in [6.45, 7) is 4.53. The fraction of sp³-hybridized carbons (Fsp3) is 0.562. The maximum absolute atomic E-state index is 12.2. The summed E-state index contributed by atoms with van der Waals surface area (Å²) in [7, 11) is 1.66. The first-order valence-corrected chi connectivity index (χ1v) is 7.26. The van der Waals surface area contributed by atoms with Gasteiger partial charge < -0.3 is 15.4 Å². The zero-order valence-electron chi connectivity index (χ0n) is 12.4. The Kier molecular flexibility index (Phi) is 5.01. The third-order valence-electron chi connectivity index (χ3n) is 4.00. The van der Waals surface area contributed by atoms with Crippen molar-refractivity contribution >= 4 is 5.91 Å². The van der Waals surface area contributed by atoms with E-state index >= 15 is 0 Å². The molecule has 110 valence electrons. The molecule has 1 aliphatic heterocycles. The van der Waals surface area contributed by atoms with E-state index in [4.69, 9.17) is 4.74 Å². The van der Waals surface area contributed by atoms with Crippen LogP contribution in [0, 0.1) is 5.41 Å². The minimum Gasteiger partial charge on any atom is -0.497 e. The second kappa shape index (κ2) is 6.75. The highest BCUT2D eigenvalue weighted by Gasteiger charge is 2.34. The minimum absolute atomic E-state index is 0.165. The van der Waals surface area contributed by atoms with E-state index in [1.165, 1.54) is 5.56 Å². The molecule has 0 spiro atoms. The highest BCUT2D eigenvalue weighted by Crippen LogP contribution is 2.25. The third-order valence-corrected chi connectivity index (χ3v) is 4.00. The molecule has 1 aromatic rings. The van der Waals surface area contributed by atoms with Gasteiger partial charge in [-0.2, -0.15) is 0 Å². The van der Waals surface area contributed by atoms with Crippen LogP contribution < -0.4 is 15.4 Å².